The third-order valence-electron chi connectivity index (χ3n) is 3.92. The molecule has 0 radical (unpaired) electrons. The van der Waals surface area contributed by atoms with Gasteiger partial charge in [-0.1, -0.05) is 27.7 Å². The molecule has 3 nitrogen and oxygen atoms in total. The highest BCUT2D eigenvalue weighted by molar-refractivity contribution is 7.89. The van der Waals surface area contributed by atoms with Gasteiger partial charge in [0.05, 0.1) is 4.90 Å². The SMILES string of the molecule is Cc1cc(F)cc(C)c1S(=O)(=O)NCC(C(C)C)C(C)C. The number of aryl methyl sites for hydroxylation is 2. The van der Waals surface area contributed by atoms with Gasteiger partial charge in [0.15, 0.2) is 0 Å². The summed E-state index contributed by atoms with van der Waals surface area (Å²) in [5, 5.41) is 0. The zero-order valence-corrected chi connectivity index (χ0v) is 14.5. The van der Waals surface area contributed by atoms with Crippen LogP contribution in [0.2, 0.25) is 0 Å². The Hall–Kier alpha value is -0.940. The van der Waals surface area contributed by atoms with Gasteiger partial charge in [-0.25, -0.2) is 17.5 Å². The van der Waals surface area contributed by atoms with Crippen LogP contribution >= 0.6 is 0 Å². The first-order valence-electron chi connectivity index (χ1n) is 7.32. The molecule has 0 saturated carbocycles. The molecule has 21 heavy (non-hydrogen) atoms. The summed E-state index contributed by atoms with van der Waals surface area (Å²) in [6.45, 7) is 12.0. The molecule has 0 aliphatic carbocycles. The Morgan fingerprint density at radius 2 is 1.48 bits per heavy atom. The second-order valence-electron chi connectivity index (χ2n) is 6.37. The number of benzene rings is 1. The van der Waals surface area contributed by atoms with Crippen LogP contribution in [-0.2, 0) is 10.0 Å². The predicted molar refractivity (Wildman–Crippen MR) is 84.2 cm³/mol. The van der Waals surface area contributed by atoms with Crippen molar-refractivity contribution in [2.75, 3.05) is 6.54 Å². The number of halogens is 1. The summed E-state index contributed by atoms with van der Waals surface area (Å²) < 4.78 is 41.0. The minimum absolute atomic E-state index is 0.190. The van der Waals surface area contributed by atoms with E-state index in [1.165, 1.54) is 12.1 Å². The van der Waals surface area contributed by atoms with E-state index >= 15 is 0 Å². The van der Waals surface area contributed by atoms with E-state index in [9.17, 15) is 12.8 Å². The van der Waals surface area contributed by atoms with Gasteiger partial charge >= 0.3 is 0 Å². The fourth-order valence-electron chi connectivity index (χ4n) is 2.84. The Labute approximate surface area is 128 Å². The van der Waals surface area contributed by atoms with E-state index in [1.54, 1.807) is 13.8 Å². The van der Waals surface area contributed by atoms with Crippen LogP contribution in [0.1, 0.15) is 38.8 Å². The molecule has 1 aromatic rings. The van der Waals surface area contributed by atoms with Crippen molar-refractivity contribution in [2.45, 2.75) is 46.4 Å². The topological polar surface area (TPSA) is 46.2 Å². The quantitative estimate of drug-likeness (QED) is 0.871. The molecular formula is C16H26FNO2S. The number of hydrogen-bond acceptors (Lipinski definition) is 2. The van der Waals surface area contributed by atoms with Crippen molar-refractivity contribution < 1.29 is 12.8 Å². The summed E-state index contributed by atoms with van der Waals surface area (Å²) in [7, 11) is -3.62. The molecule has 120 valence electrons. The Kier molecular flexibility index (Phi) is 5.93. The van der Waals surface area contributed by atoms with Crippen LogP contribution in [0.3, 0.4) is 0 Å². The summed E-state index contributed by atoms with van der Waals surface area (Å²) in [5.41, 5.74) is 0.872. The largest absolute Gasteiger partial charge is 0.241 e. The van der Waals surface area contributed by atoms with E-state index in [0.717, 1.165) is 0 Å². The first-order chi connectivity index (χ1) is 9.56. The van der Waals surface area contributed by atoms with Crippen molar-refractivity contribution in [1.82, 2.24) is 4.72 Å². The van der Waals surface area contributed by atoms with Crippen LogP contribution in [0.4, 0.5) is 4.39 Å². The molecule has 0 fully saturated rings. The molecule has 0 aliphatic heterocycles. The summed E-state index contributed by atoms with van der Waals surface area (Å²) in [4.78, 5) is 0.190. The van der Waals surface area contributed by atoms with Crippen LogP contribution in [0, 0.1) is 37.4 Å². The summed E-state index contributed by atoms with van der Waals surface area (Å²) in [5.74, 6) is 0.637. The van der Waals surface area contributed by atoms with Gasteiger partial charge in [0.1, 0.15) is 5.82 Å². The first-order valence-corrected chi connectivity index (χ1v) is 8.81. The second kappa shape index (κ2) is 6.88. The molecule has 0 aromatic heterocycles. The first kappa shape index (κ1) is 18.1. The van der Waals surface area contributed by atoms with Gasteiger partial charge in [0.25, 0.3) is 0 Å². The van der Waals surface area contributed by atoms with Crippen molar-refractivity contribution in [3.8, 4) is 0 Å². The summed E-state index contributed by atoms with van der Waals surface area (Å²) in [6.07, 6.45) is 0. The van der Waals surface area contributed by atoms with Crippen molar-refractivity contribution in [2.24, 2.45) is 17.8 Å². The standard InChI is InChI=1S/C16H26FNO2S/c1-10(2)15(11(3)4)9-18-21(19,20)16-12(5)7-14(17)8-13(16)6/h7-8,10-11,15,18H,9H2,1-6H3. The molecule has 1 rings (SSSR count). The Morgan fingerprint density at radius 3 is 1.86 bits per heavy atom. The average Bonchev–Trinajstić information content (AvgIpc) is 2.25. The fourth-order valence-corrected chi connectivity index (χ4v) is 4.36. The van der Waals surface area contributed by atoms with E-state index < -0.39 is 15.8 Å². The lowest BCUT2D eigenvalue weighted by molar-refractivity contribution is 0.289. The fraction of sp³-hybridized carbons (Fsp3) is 0.625. The zero-order chi connectivity index (χ0) is 16.4. The normalized spacial score (nSPS) is 12.7. The number of rotatable bonds is 6. The van der Waals surface area contributed by atoms with E-state index in [-0.39, 0.29) is 10.8 Å². The Bertz CT molecular complexity index is 563. The molecule has 0 heterocycles. The third-order valence-corrected chi connectivity index (χ3v) is 5.64. The smallest absolute Gasteiger partial charge is 0.211 e. The van der Waals surface area contributed by atoms with Gasteiger partial charge in [0.2, 0.25) is 10.0 Å². The molecule has 0 aliphatic rings. The van der Waals surface area contributed by atoms with E-state index in [4.69, 9.17) is 0 Å². The predicted octanol–water partition coefficient (Wildman–Crippen LogP) is 3.65. The van der Waals surface area contributed by atoms with Crippen molar-refractivity contribution in [1.29, 1.82) is 0 Å². The van der Waals surface area contributed by atoms with Crippen LogP contribution in [0.5, 0.6) is 0 Å². The van der Waals surface area contributed by atoms with Crippen LogP contribution in [0.25, 0.3) is 0 Å². The van der Waals surface area contributed by atoms with Gasteiger partial charge in [-0.2, -0.15) is 0 Å². The highest BCUT2D eigenvalue weighted by Gasteiger charge is 2.24. The van der Waals surface area contributed by atoms with E-state index in [0.29, 0.717) is 29.5 Å². The molecule has 0 unspecified atom stereocenters. The highest BCUT2D eigenvalue weighted by Crippen LogP contribution is 2.23. The van der Waals surface area contributed by atoms with E-state index in [1.807, 2.05) is 0 Å². The van der Waals surface area contributed by atoms with Gasteiger partial charge in [-0.15, -0.1) is 0 Å². The number of nitrogens with one attached hydrogen (secondary N) is 1. The summed E-state index contributed by atoms with van der Waals surface area (Å²) in [6, 6.07) is 2.51. The molecule has 0 bridgehead atoms. The third kappa shape index (κ3) is 4.51. The lowest BCUT2D eigenvalue weighted by atomic mass is 9.86. The van der Waals surface area contributed by atoms with Crippen LogP contribution in [0.15, 0.2) is 17.0 Å². The molecular weight excluding hydrogens is 289 g/mol. The minimum atomic E-state index is -3.62. The number of sulfonamides is 1. The van der Waals surface area contributed by atoms with Gasteiger partial charge in [-0.3, -0.25) is 0 Å². The molecule has 0 saturated heterocycles. The molecule has 0 amide bonds. The van der Waals surface area contributed by atoms with Crippen molar-refractivity contribution in [3.05, 3.63) is 29.1 Å². The lowest BCUT2D eigenvalue weighted by Crippen LogP contribution is -2.34. The molecule has 1 aromatic carbocycles. The Balaban J connectivity index is 3.03. The van der Waals surface area contributed by atoms with Crippen LogP contribution < -0.4 is 4.72 Å². The molecule has 0 atom stereocenters. The maximum atomic E-state index is 13.3. The van der Waals surface area contributed by atoms with Crippen molar-refractivity contribution in [3.63, 3.8) is 0 Å². The molecule has 1 N–H and O–H groups in total. The van der Waals surface area contributed by atoms with E-state index in [2.05, 4.69) is 32.4 Å². The highest BCUT2D eigenvalue weighted by atomic mass is 32.2. The maximum Gasteiger partial charge on any atom is 0.241 e. The van der Waals surface area contributed by atoms with Gasteiger partial charge in [-0.05, 0) is 54.9 Å². The maximum absolute atomic E-state index is 13.3. The zero-order valence-electron chi connectivity index (χ0n) is 13.7. The average molecular weight is 315 g/mol. The molecule has 0 spiro atoms. The van der Waals surface area contributed by atoms with Crippen molar-refractivity contribution >= 4 is 10.0 Å². The summed E-state index contributed by atoms with van der Waals surface area (Å²) >= 11 is 0. The Morgan fingerprint density at radius 1 is 1.05 bits per heavy atom. The minimum Gasteiger partial charge on any atom is -0.211 e. The second-order valence-corrected chi connectivity index (χ2v) is 8.08. The van der Waals surface area contributed by atoms with Gasteiger partial charge in [0, 0.05) is 6.54 Å². The molecule has 5 heteroatoms. The van der Waals surface area contributed by atoms with Crippen LogP contribution in [-0.4, -0.2) is 15.0 Å². The van der Waals surface area contributed by atoms with Gasteiger partial charge < -0.3 is 0 Å². The lowest BCUT2D eigenvalue weighted by Gasteiger charge is -2.25. The number of hydrogen-bond donors (Lipinski definition) is 1. The monoisotopic (exact) mass is 315 g/mol.